The first kappa shape index (κ1) is 11.4. The molecule has 0 bridgehead atoms. The van der Waals surface area contributed by atoms with Gasteiger partial charge in [-0.2, -0.15) is 10.2 Å². The summed E-state index contributed by atoms with van der Waals surface area (Å²) in [6.07, 6.45) is 3.29. The van der Waals surface area contributed by atoms with Crippen molar-refractivity contribution in [2.24, 2.45) is 5.73 Å². The highest BCUT2D eigenvalue weighted by atomic mass is 32.1. The van der Waals surface area contributed by atoms with Crippen molar-refractivity contribution in [3.8, 4) is 0 Å². The van der Waals surface area contributed by atoms with Crippen molar-refractivity contribution in [2.45, 2.75) is 6.54 Å². The Morgan fingerprint density at radius 2 is 2.12 bits per heavy atom. The van der Waals surface area contributed by atoms with E-state index in [4.69, 9.17) is 18.0 Å². The van der Waals surface area contributed by atoms with Gasteiger partial charge in [-0.25, -0.2) is 0 Å². The van der Waals surface area contributed by atoms with Crippen molar-refractivity contribution in [1.29, 1.82) is 0 Å². The highest BCUT2D eigenvalue weighted by molar-refractivity contribution is 7.80. The lowest BCUT2D eigenvalue weighted by atomic mass is 10.3. The summed E-state index contributed by atoms with van der Waals surface area (Å²) in [5.41, 5.74) is 7.81. The van der Waals surface area contributed by atoms with Crippen molar-refractivity contribution in [3.63, 3.8) is 0 Å². The van der Waals surface area contributed by atoms with Crippen LogP contribution in [-0.2, 0) is 6.54 Å². The summed E-state index contributed by atoms with van der Waals surface area (Å²) in [6.45, 7) is 0.551. The number of rotatable bonds is 4. The fourth-order valence-corrected chi connectivity index (χ4v) is 1.52. The zero-order valence-electron chi connectivity index (χ0n) is 9.00. The second kappa shape index (κ2) is 5.31. The Kier molecular flexibility index (Phi) is 3.56. The number of nitrogens with two attached hydrogens (primary N) is 1. The number of hydrogen-bond acceptors (Lipinski definition) is 5. The minimum absolute atomic E-state index is 0.271. The monoisotopic (exact) mass is 245 g/mol. The van der Waals surface area contributed by atoms with Gasteiger partial charge in [-0.05, 0) is 24.3 Å². The molecule has 5 nitrogen and oxygen atoms in total. The zero-order valence-corrected chi connectivity index (χ0v) is 9.81. The average Bonchev–Trinajstić information content (AvgIpc) is 2.38. The Hall–Kier alpha value is -2.08. The van der Waals surface area contributed by atoms with Gasteiger partial charge in [0.2, 0.25) is 0 Å². The van der Waals surface area contributed by atoms with Crippen molar-refractivity contribution in [3.05, 3.63) is 48.0 Å². The third-order valence-electron chi connectivity index (χ3n) is 2.13. The van der Waals surface area contributed by atoms with Gasteiger partial charge in [-0.15, -0.1) is 0 Å². The fraction of sp³-hybridized carbons (Fsp3) is 0.0909. The number of pyridine rings is 1. The lowest BCUT2D eigenvalue weighted by molar-refractivity contribution is 0.924. The van der Waals surface area contributed by atoms with Crippen molar-refractivity contribution in [2.75, 3.05) is 5.32 Å². The first-order chi connectivity index (χ1) is 8.27. The van der Waals surface area contributed by atoms with Crippen LogP contribution in [0, 0.1) is 0 Å². The number of aromatic nitrogens is 3. The van der Waals surface area contributed by atoms with Crippen LogP contribution in [0.3, 0.4) is 0 Å². The number of hydrogen-bond donors (Lipinski definition) is 2. The largest absolute Gasteiger partial charge is 0.388 e. The molecule has 0 amide bonds. The van der Waals surface area contributed by atoms with E-state index in [2.05, 4.69) is 20.5 Å². The number of nitrogens with one attached hydrogen (secondary N) is 1. The molecule has 0 fully saturated rings. The highest BCUT2D eigenvalue weighted by Gasteiger charge is 2.05. The molecule has 2 aromatic heterocycles. The van der Waals surface area contributed by atoms with Gasteiger partial charge in [-0.1, -0.05) is 12.2 Å². The number of nitrogens with zero attached hydrogens (tertiary/aromatic N) is 3. The third kappa shape index (κ3) is 2.94. The third-order valence-corrected chi connectivity index (χ3v) is 2.32. The van der Waals surface area contributed by atoms with E-state index in [-0.39, 0.29) is 4.99 Å². The molecule has 0 unspecified atom stereocenters. The Morgan fingerprint density at radius 1 is 1.29 bits per heavy atom. The van der Waals surface area contributed by atoms with Gasteiger partial charge >= 0.3 is 0 Å². The van der Waals surface area contributed by atoms with Gasteiger partial charge in [0.15, 0.2) is 0 Å². The first-order valence-corrected chi connectivity index (χ1v) is 5.43. The standard InChI is InChI=1S/C11H11N5S/c12-11(17)10-9(4-2-5-13-10)14-7-8-3-1-6-15-16-8/h1-6,14H,7H2,(H2,12,17). The lowest BCUT2D eigenvalue weighted by Gasteiger charge is -2.09. The molecule has 0 saturated heterocycles. The highest BCUT2D eigenvalue weighted by Crippen LogP contribution is 2.12. The van der Waals surface area contributed by atoms with Crippen LogP contribution in [0.5, 0.6) is 0 Å². The van der Waals surface area contributed by atoms with Crippen LogP contribution in [0.15, 0.2) is 36.7 Å². The van der Waals surface area contributed by atoms with E-state index in [0.717, 1.165) is 11.4 Å². The minimum Gasteiger partial charge on any atom is -0.388 e. The molecule has 0 aliphatic carbocycles. The molecule has 2 rings (SSSR count). The molecule has 86 valence electrons. The smallest absolute Gasteiger partial charge is 0.124 e. The lowest BCUT2D eigenvalue weighted by Crippen LogP contribution is -2.15. The Bertz CT molecular complexity index is 514. The zero-order chi connectivity index (χ0) is 12.1. The van der Waals surface area contributed by atoms with Crippen LogP contribution in [-0.4, -0.2) is 20.2 Å². The summed E-state index contributed by atoms with van der Waals surface area (Å²) in [7, 11) is 0. The van der Waals surface area contributed by atoms with E-state index in [0.29, 0.717) is 12.2 Å². The molecule has 0 atom stereocenters. The summed E-state index contributed by atoms with van der Waals surface area (Å²) >= 11 is 4.93. The normalized spacial score (nSPS) is 9.88. The first-order valence-electron chi connectivity index (χ1n) is 5.02. The predicted molar refractivity (Wildman–Crippen MR) is 69.5 cm³/mol. The second-order valence-electron chi connectivity index (χ2n) is 3.33. The molecule has 0 aromatic carbocycles. The number of anilines is 1. The Labute approximate surface area is 104 Å². The average molecular weight is 245 g/mol. The molecule has 0 aliphatic rings. The van der Waals surface area contributed by atoms with Crippen LogP contribution >= 0.6 is 12.2 Å². The molecule has 0 spiro atoms. The van der Waals surface area contributed by atoms with Gasteiger partial charge in [-0.3, -0.25) is 4.98 Å². The van der Waals surface area contributed by atoms with E-state index in [1.165, 1.54) is 0 Å². The molecular formula is C11H11N5S. The minimum atomic E-state index is 0.271. The molecule has 3 N–H and O–H groups in total. The second-order valence-corrected chi connectivity index (χ2v) is 3.77. The SMILES string of the molecule is NC(=S)c1ncccc1NCc1cccnn1. The quantitative estimate of drug-likeness (QED) is 0.786. The maximum Gasteiger partial charge on any atom is 0.124 e. The molecule has 17 heavy (non-hydrogen) atoms. The molecule has 0 saturated carbocycles. The Morgan fingerprint density at radius 3 is 2.82 bits per heavy atom. The van der Waals surface area contributed by atoms with Gasteiger partial charge in [0, 0.05) is 12.4 Å². The van der Waals surface area contributed by atoms with Crippen molar-refractivity contribution < 1.29 is 0 Å². The molecule has 2 heterocycles. The summed E-state index contributed by atoms with van der Waals surface area (Å²) in [5, 5.41) is 10.9. The maximum atomic E-state index is 5.58. The van der Waals surface area contributed by atoms with Crippen molar-refractivity contribution in [1.82, 2.24) is 15.2 Å². The Balaban J connectivity index is 2.12. The summed E-state index contributed by atoms with van der Waals surface area (Å²) in [6, 6.07) is 7.41. The van der Waals surface area contributed by atoms with Crippen LogP contribution in [0.1, 0.15) is 11.4 Å². The van der Waals surface area contributed by atoms with Gasteiger partial charge in [0.1, 0.15) is 10.7 Å². The van der Waals surface area contributed by atoms with Gasteiger partial charge in [0.25, 0.3) is 0 Å². The van der Waals surface area contributed by atoms with Crippen LogP contribution in [0.25, 0.3) is 0 Å². The summed E-state index contributed by atoms with van der Waals surface area (Å²) in [5.74, 6) is 0. The van der Waals surface area contributed by atoms with E-state index in [1.807, 2.05) is 24.3 Å². The van der Waals surface area contributed by atoms with E-state index < -0.39 is 0 Å². The van der Waals surface area contributed by atoms with Gasteiger partial charge in [0.05, 0.1) is 17.9 Å². The van der Waals surface area contributed by atoms with Gasteiger partial charge < -0.3 is 11.1 Å². The summed E-state index contributed by atoms with van der Waals surface area (Å²) in [4.78, 5) is 4.40. The molecule has 0 radical (unpaired) electrons. The molecule has 2 aromatic rings. The van der Waals surface area contributed by atoms with Crippen LogP contribution in [0.4, 0.5) is 5.69 Å². The van der Waals surface area contributed by atoms with Crippen LogP contribution < -0.4 is 11.1 Å². The fourth-order valence-electron chi connectivity index (χ4n) is 1.36. The summed E-state index contributed by atoms with van der Waals surface area (Å²) < 4.78 is 0. The van der Waals surface area contributed by atoms with Crippen molar-refractivity contribution >= 4 is 22.9 Å². The predicted octanol–water partition coefficient (Wildman–Crippen LogP) is 1.12. The number of thiocarbonyl (C=S) groups is 1. The van der Waals surface area contributed by atoms with E-state index >= 15 is 0 Å². The topological polar surface area (TPSA) is 76.7 Å². The van der Waals surface area contributed by atoms with E-state index in [1.54, 1.807) is 12.4 Å². The molecule has 0 aliphatic heterocycles. The van der Waals surface area contributed by atoms with E-state index in [9.17, 15) is 0 Å². The van der Waals surface area contributed by atoms with Crippen LogP contribution in [0.2, 0.25) is 0 Å². The molecule has 6 heteroatoms. The maximum absolute atomic E-state index is 5.58. The molecular weight excluding hydrogens is 234 g/mol.